The van der Waals surface area contributed by atoms with E-state index in [-0.39, 0.29) is 24.2 Å². The number of carbonyl (C=O) groups excluding carboxylic acids is 4. The molecule has 0 aromatic heterocycles. The third-order valence-corrected chi connectivity index (χ3v) is 4.34. The number of nitrogens with one attached hydrogen (secondary N) is 2. The fourth-order valence-corrected chi connectivity index (χ4v) is 2.42. The van der Waals surface area contributed by atoms with Gasteiger partial charge in [-0.3, -0.25) is 9.59 Å². The van der Waals surface area contributed by atoms with Crippen molar-refractivity contribution in [3.8, 4) is 0 Å². The summed E-state index contributed by atoms with van der Waals surface area (Å²) < 4.78 is 0. The molecule has 132 valence electrons. The predicted octanol–water partition coefficient (Wildman–Crippen LogP) is 1.32. The second-order valence-corrected chi connectivity index (χ2v) is 6.50. The van der Waals surface area contributed by atoms with Crippen molar-refractivity contribution in [3.63, 3.8) is 0 Å². The van der Waals surface area contributed by atoms with Crippen molar-refractivity contribution in [1.82, 2.24) is 10.6 Å². The second kappa shape index (κ2) is 13.1. The van der Waals surface area contributed by atoms with Crippen LogP contribution in [-0.2, 0) is 19.2 Å². The molecular weight excluding hydrogens is 316 g/mol. The fourth-order valence-electron chi connectivity index (χ4n) is 1.95. The highest BCUT2D eigenvalue weighted by Crippen LogP contribution is 2.08. The lowest BCUT2D eigenvalue weighted by Gasteiger charge is -2.23. The van der Waals surface area contributed by atoms with Gasteiger partial charge in [0.25, 0.3) is 0 Å². The molecule has 2 amide bonds. The van der Waals surface area contributed by atoms with E-state index in [2.05, 4.69) is 10.6 Å². The maximum absolute atomic E-state index is 12.4. The van der Waals surface area contributed by atoms with Crippen LogP contribution in [0.3, 0.4) is 0 Å². The van der Waals surface area contributed by atoms with Gasteiger partial charge in [-0.05, 0) is 30.8 Å². The number of unbranched alkanes of at least 4 members (excludes halogenated alkanes) is 1. The van der Waals surface area contributed by atoms with Gasteiger partial charge in [0.2, 0.25) is 11.8 Å². The molecule has 23 heavy (non-hydrogen) atoms. The Labute approximate surface area is 142 Å². The number of hydrogen-bond donors (Lipinski definition) is 2. The van der Waals surface area contributed by atoms with E-state index in [9.17, 15) is 19.2 Å². The van der Waals surface area contributed by atoms with Crippen LogP contribution in [0, 0.1) is 5.92 Å². The Morgan fingerprint density at radius 2 is 1.91 bits per heavy atom. The van der Waals surface area contributed by atoms with Gasteiger partial charge < -0.3 is 20.2 Å². The number of hydrogen-bond acceptors (Lipinski definition) is 5. The minimum atomic E-state index is -0.655. The summed E-state index contributed by atoms with van der Waals surface area (Å²) in [5.74, 6) is 0.183. The highest BCUT2D eigenvalue weighted by Gasteiger charge is 2.24. The molecular formula is C16H28N2O4S. The topological polar surface area (TPSA) is 92.3 Å². The van der Waals surface area contributed by atoms with Crippen LogP contribution in [0.4, 0.5) is 0 Å². The molecule has 0 aliphatic rings. The molecule has 0 spiro atoms. The average Bonchev–Trinajstić information content (AvgIpc) is 2.55. The van der Waals surface area contributed by atoms with E-state index in [0.717, 1.165) is 24.7 Å². The van der Waals surface area contributed by atoms with Crippen LogP contribution in [0.1, 0.15) is 46.0 Å². The first-order valence-corrected chi connectivity index (χ1v) is 9.37. The largest absolute Gasteiger partial charge is 0.345 e. The minimum absolute atomic E-state index is 0.0425. The Morgan fingerprint density at radius 3 is 2.43 bits per heavy atom. The summed E-state index contributed by atoms with van der Waals surface area (Å²) in [6.07, 6.45) is 5.72. The predicted molar refractivity (Wildman–Crippen MR) is 92.3 cm³/mol. The number of amides is 2. The van der Waals surface area contributed by atoms with Crippen LogP contribution >= 0.6 is 11.8 Å². The Morgan fingerprint density at radius 1 is 1.22 bits per heavy atom. The maximum Gasteiger partial charge on any atom is 0.243 e. The minimum Gasteiger partial charge on any atom is -0.345 e. The number of thioether (sulfide) groups is 1. The van der Waals surface area contributed by atoms with Crippen molar-refractivity contribution in [1.29, 1.82) is 0 Å². The molecule has 0 saturated heterocycles. The van der Waals surface area contributed by atoms with Gasteiger partial charge in [0, 0.05) is 12.8 Å². The molecule has 3 unspecified atom stereocenters. The first kappa shape index (κ1) is 21.6. The second-order valence-electron chi connectivity index (χ2n) is 5.52. The molecule has 3 atom stereocenters. The van der Waals surface area contributed by atoms with Gasteiger partial charge in [-0.25, -0.2) is 0 Å². The van der Waals surface area contributed by atoms with Crippen molar-refractivity contribution >= 4 is 36.1 Å². The molecule has 0 heterocycles. The Kier molecular flexibility index (Phi) is 12.3. The van der Waals surface area contributed by atoms with Crippen LogP contribution in [-0.4, -0.2) is 48.5 Å². The zero-order valence-corrected chi connectivity index (χ0v) is 15.0. The molecule has 0 aliphatic heterocycles. The summed E-state index contributed by atoms with van der Waals surface area (Å²) in [6.45, 7) is 3.85. The molecule has 7 heteroatoms. The zero-order valence-electron chi connectivity index (χ0n) is 14.2. The van der Waals surface area contributed by atoms with Gasteiger partial charge in [0.05, 0.1) is 6.04 Å². The molecule has 0 aromatic carbocycles. The van der Waals surface area contributed by atoms with Crippen molar-refractivity contribution in [2.75, 3.05) is 12.0 Å². The van der Waals surface area contributed by atoms with E-state index in [1.54, 1.807) is 11.8 Å². The Hall–Kier alpha value is -1.37. The molecule has 0 rings (SSSR count). The number of rotatable bonds is 13. The monoisotopic (exact) mass is 344 g/mol. The van der Waals surface area contributed by atoms with Gasteiger partial charge in [-0.2, -0.15) is 11.8 Å². The van der Waals surface area contributed by atoms with E-state index < -0.39 is 12.1 Å². The van der Waals surface area contributed by atoms with Gasteiger partial charge in [-0.15, -0.1) is 0 Å². The van der Waals surface area contributed by atoms with Crippen LogP contribution < -0.4 is 10.6 Å². The lowest BCUT2D eigenvalue weighted by atomic mass is 10.00. The number of aldehydes is 2. The van der Waals surface area contributed by atoms with Gasteiger partial charge in [0.15, 0.2) is 0 Å². The van der Waals surface area contributed by atoms with E-state index in [1.807, 2.05) is 20.1 Å². The lowest BCUT2D eigenvalue weighted by Crippen LogP contribution is -2.51. The van der Waals surface area contributed by atoms with Crippen LogP contribution in [0.5, 0.6) is 0 Å². The van der Waals surface area contributed by atoms with Crippen LogP contribution in [0.25, 0.3) is 0 Å². The third-order valence-electron chi connectivity index (χ3n) is 3.70. The van der Waals surface area contributed by atoms with Gasteiger partial charge in [-0.1, -0.05) is 20.3 Å². The van der Waals surface area contributed by atoms with Gasteiger partial charge >= 0.3 is 0 Å². The molecule has 0 radical (unpaired) electrons. The highest BCUT2D eigenvalue weighted by molar-refractivity contribution is 7.98. The molecule has 0 saturated carbocycles. The summed E-state index contributed by atoms with van der Waals surface area (Å²) in [6, 6.07) is -1.20. The SMILES string of the molecule is CCC(C)C(C=O)NC(=O)C(CCSC)NC(=O)CCCC=O. The smallest absolute Gasteiger partial charge is 0.243 e. The highest BCUT2D eigenvalue weighted by atomic mass is 32.2. The van der Waals surface area contributed by atoms with E-state index in [4.69, 9.17) is 0 Å². The van der Waals surface area contributed by atoms with Crippen LogP contribution in [0.2, 0.25) is 0 Å². The normalized spacial score (nSPS) is 14.4. The molecule has 0 fully saturated rings. The van der Waals surface area contributed by atoms with Crippen molar-refractivity contribution in [3.05, 3.63) is 0 Å². The lowest BCUT2D eigenvalue weighted by molar-refractivity contribution is -0.130. The van der Waals surface area contributed by atoms with Crippen LogP contribution in [0.15, 0.2) is 0 Å². The number of carbonyl (C=O) groups is 4. The maximum atomic E-state index is 12.4. The summed E-state index contributed by atoms with van der Waals surface area (Å²) in [5, 5.41) is 5.41. The van der Waals surface area contributed by atoms with Gasteiger partial charge in [0.1, 0.15) is 18.6 Å². The first-order chi connectivity index (χ1) is 11.0. The molecule has 0 bridgehead atoms. The molecule has 6 nitrogen and oxygen atoms in total. The van der Waals surface area contributed by atoms with Crippen molar-refractivity contribution in [2.24, 2.45) is 5.92 Å². The zero-order chi connectivity index (χ0) is 17.7. The first-order valence-electron chi connectivity index (χ1n) is 7.97. The summed E-state index contributed by atoms with van der Waals surface area (Å²) in [7, 11) is 0. The quantitative estimate of drug-likeness (QED) is 0.388. The molecule has 2 N–H and O–H groups in total. The Balaban J connectivity index is 4.66. The van der Waals surface area contributed by atoms with E-state index in [0.29, 0.717) is 19.3 Å². The standard InChI is InChI=1S/C16H28N2O4S/c1-4-12(2)14(11-20)18-16(22)13(8-10-23-3)17-15(21)7-5-6-9-19/h9,11-14H,4-8,10H2,1-3H3,(H,17,21)(H,18,22). The van der Waals surface area contributed by atoms with Crippen molar-refractivity contribution < 1.29 is 19.2 Å². The third kappa shape index (κ3) is 9.38. The van der Waals surface area contributed by atoms with E-state index >= 15 is 0 Å². The fraction of sp³-hybridized carbons (Fsp3) is 0.750. The molecule has 0 aromatic rings. The molecule has 0 aliphatic carbocycles. The van der Waals surface area contributed by atoms with Crippen molar-refractivity contribution in [2.45, 2.75) is 58.0 Å². The Bertz CT molecular complexity index is 390. The summed E-state index contributed by atoms with van der Waals surface area (Å²) >= 11 is 1.58. The summed E-state index contributed by atoms with van der Waals surface area (Å²) in [4.78, 5) is 45.6. The van der Waals surface area contributed by atoms with E-state index in [1.165, 1.54) is 0 Å². The average molecular weight is 344 g/mol. The summed E-state index contributed by atoms with van der Waals surface area (Å²) in [5.41, 5.74) is 0.